The van der Waals surface area contributed by atoms with Gasteiger partial charge < -0.3 is 15.4 Å². The quantitative estimate of drug-likeness (QED) is 0.476. The van der Waals surface area contributed by atoms with Crippen molar-refractivity contribution in [1.82, 2.24) is 15.6 Å². The molecule has 1 aliphatic rings. The van der Waals surface area contributed by atoms with Crippen molar-refractivity contribution >= 4 is 29.3 Å². The molecule has 2 rings (SSSR count). The van der Waals surface area contributed by atoms with E-state index in [0.29, 0.717) is 29.3 Å². The van der Waals surface area contributed by atoms with Crippen LogP contribution in [0.25, 0.3) is 0 Å². The van der Waals surface area contributed by atoms with E-state index in [9.17, 15) is 0 Å². The number of aromatic nitrogens is 1. The van der Waals surface area contributed by atoms with Gasteiger partial charge in [0.2, 0.25) is 5.88 Å². The van der Waals surface area contributed by atoms with Crippen LogP contribution in [0.4, 0.5) is 0 Å². The van der Waals surface area contributed by atoms with Gasteiger partial charge in [-0.1, -0.05) is 11.6 Å². The monoisotopic (exact) mass is 328 g/mol. The molecule has 116 valence electrons. The molecule has 1 saturated heterocycles. The zero-order chi connectivity index (χ0) is 14.9. The number of pyridine rings is 1. The molecule has 2 heterocycles. The summed E-state index contributed by atoms with van der Waals surface area (Å²) in [5, 5.41) is 7.79. The SMILES string of the molecule is CN=C(NCCOc1ncccc1Cl)NCC1CCCS1. The van der Waals surface area contributed by atoms with Crippen LogP contribution in [-0.4, -0.2) is 48.7 Å². The minimum atomic E-state index is 0.464. The van der Waals surface area contributed by atoms with Gasteiger partial charge in [0.15, 0.2) is 5.96 Å². The highest BCUT2D eigenvalue weighted by molar-refractivity contribution is 8.00. The van der Waals surface area contributed by atoms with E-state index in [0.717, 1.165) is 12.5 Å². The van der Waals surface area contributed by atoms with E-state index in [2.05, 4.69) is 20.6 Å². The third-order valence-corrected chi connectivity index (χ3v) is 4.79. The van der Waals surface area contributed by atoms with Crippen LogP contribution in [0.2, 0.25) is 5.02 Å². The lowest BCUT2D eigenvalue weighted by Crippen LogP contribution is -2.41. The molecule has 0 spiro atoms. The van der Waals surface area contributed by atoms with Crippen molar-refractivity contribution in [3.8, 4) is 5.88 Å². The Morgan fingerprint density at radius 2 is 2.48 bits per heavy atom. The summed E-state index contributed by atoms with van der Waals surface area (Å²) in [7, 11) is 1.77. The van der Waals surface area contributed by atoms with E-state index in [1.807, 2.05) is 11.8 Å². The van der Waals surface area contributed by atoms with Crippen molar-refractivity contribution < 1.29 is 4.74 Å². The van der Waals surface area contributed by atoms with E-state index in [1.54, 1.807) is 25.4 Å². The zero-order valence-electron chi connectivity index (χ0n) is 12.1. The number of rotatable bonds is 6. The summed E-state index contributed by atoms with van der Waals surface area (Å²) in [6.07, 6.45) is 4.27. The largest absolute Gasteiger partial charge is 0.475 e. The average molecular weight is 329 g/mol. The molecule has 7 heteroatoms. The molecule has 1 fully saturated rings. The maximum absolute atomic E-state index is 5.97. The maximum atomic E-state index is 5.97. The number of nitrogens with one attached hydrogen (secondary N) is 2. The van der Waals surface area contributed by atoms with Crippen LogP contribution in [0.5, 0.6) is 5.88 Å². The number of thioether (sulfide) groups is 1. The van der Waals surface area contributed by atoms with Crippen LogP contribution in [0.3, 0.4) is 0 Å². The van der Waals surface area contributed by atoms with Crippen LogP contribution in [-0.2, 0) is 0 Å². The highest BCUT2D eigenvalue weighted by atomic mass is 35.5. The van der Waals surface area contributed by atoms with Crippen molar-refractivity contribution in [1.29, 1.82) is 0 Å². The Morgan fingerprint density at radius 3 is 3.19 bits per heavy atom. The van der Waals surface area contributed by atoms with Crippen molar-refractivity contribution in [2.45, 2.75) is 18.1 Å². The van der Waals surface area contributed by atoms with Gasteiger partial charge in [-0.15, -0.1) is 0 Å². The first-order valence-electron chi connectivity index (χ1n) is 7.09. The molecule has 0 aromatic carbocycles. The standard InChI is InChI=1S/C14H21ClN4OS/c1-16-14(19-10-11-4-3-9-21-11)18-7-8-20-13-12(15)5-2-6-17-13/h2,5-6,11H,3-4,7-10H2,1H3,(H2,16,18,19). The van der Waals surface area contributed by atoms with E-state index in [-0.39, 0.29) is 0 Å². The van der Waals surface area contributed by atoms with Gasteiger partial charge in [0.25, 0.3) is 0 Å². The van der Waals surface area contributed by atoms with Gasteiger partial charge in [-0.2, -0.15) is 11.8 Å². The van der Waals surface area contributed by atoms with Gasteiger partial charge in [0.05, 0.1) is 6.54 Å². The predicted molar refractivity (Wildman–Crippen MR) is 89.6 cm³/mol. The first kappa shape index (κ1) is 16.2. The summed E-state index contributed by atoms with van der Waals surface area (Å²) in [6.45, 7) is 2.08. The number of hydrogen-bond donors (Lipinski definition) is 2. The average Bonchev–Trinajstić information content (AvgIpc) is 3.01. The summed E-state index contributed by atoms with van der Waals surface area (Å²) < 4.78 is 5.52. The second-order valence-corrected chi connectivity index (χ2v) is 6.47. The van der Waals surface area contributed by atoms with Crippen molar-refractivity contribution in [3.63, 3.8) is 0 Å². The number of ether oxygens (including phenoxy) is 1. The lowest BCUT2D eigenvalue weighted by Gasteiger charge is -2.15. The van der Waals surface area contributed by atoms with E-state index >= 15 is 0 Å². The zero-order valence-corrected chi connectivity index (χ0v) is 13.7. The lowest BCUT2D eigenvalue weighted by atomic mass is 10.2. The molecule has 0 saturated carbocycles. The van der Waals surface area contributed by atoms with Crippen LogP contribution in [0, 0.1) is 0 Å². The highest BCUT2D eigenvalue weighted by Crippen LogP contribution is 2.25. The topological polar surface area (TPSA) is 58.5 Å². The van der Waals surface area contributed by atoms with Gasteiger partial charge in [0.1, 0.15) is 11.6 Å². The number of aliphatic imine (C=N–C) groups is 1. The molecular formula is C14H21ClN4OS. The Hall–Kier alpha value is -1.14. The molecule has 2 N–H and O–H groups in total. The fraction of sp³-hybridized carbons (Fsp3) is 0.571. The van der Waals surface area contributed by atoms with Crippen LogP contribution >= 0.6 is 23.4 Å². The maximum Gasteiger partial charge on any atom is 0.232 e. The lowest BCUT2D eigenvalue weighted by molar-refractivity contribution is 0.310. The summed E-state index contributed by atoms with van der Waals surface area (Å²) in [5.41, 5.74) is 0. The van der Waals surface area contributed by atoms with Crippen LogP contribution in [0.1, 0.15) is 12.8 Å². The highest BCUT2D eigenvalue weighted by Gasteiger charge is 2.15. The molecule has 21 heavy (non-hydrogen) atoms. The van der Waals surface area contributed by atoms with E-state index in [4.69, 9.17) is 16.3 Å². The normalized spacial score (nSPS) is 18.6. The molecule has 1 unspecified atom stereocenters. The van der Waals surface area contributed by atoms with Crippen molar-refractivity contribution in [3.05, 3.63) is 23.4 Å². The Bertz CT molecular complexity index is 466. The second-order valence-electron chi connectivity index (χ2n) is 4.65. The van der Waals surface area contributed by atoms with E-state index < -0.39 is 0 Å². The fourth-order valence-electron chi connectivity index (χ4n) is 2.03. The van der Waals surface area contributed by atoms with E-state index in [1.165, 1.54) is 18.6 Å². The number of guanidine groups is 1. The summed E-state index contributed by atoms with van der Waals surface area (Å²) in [6, 6.07) is 3.54. The Balaban J connectivity index is 1.63. The Kier molecular flexibility index (Phi) is 6.95. The van der Waals surface area contributed by atoms with Crippen LogP contribution < -0.4 is 15.4 Å². The van der Waals surface area contributed by atoms with Gasteiger partial charge in [-0.05, 0) is 30.7 Å². The van der Waals surface area contributed by atoms with Gasteiger partial charge in [-0.25, -0.2) is 4.98 Å². The molecule has 1 aromatic rings. The first-order valence-corrected chi connectivity index (χ1v) is 8.51. The van der Waals surface area contributed by atoms with Gasteiger partial charge >= 0.3 is 0 Å². The minimum absolute atomic E-state index is 0.464. The fourth-order valence-corrected chi connectivity index (χ4v) is 3.41. The molecule has 1 aromatic heterocycles. The molecular weight excluding hydrogens is 308 g/mol. The minimum Gasteiger partial charge on any atom is -0.475 e. The molecule has 5 nitrogen and oxygen atoms in total. The Labute approximate surface area is 134 Å². The third-order valence-electron chi connectivity index (χ3n) is 3.10. The summed E-state index contributed by atoms with van der Waals surface area (Å²) >= 11 is 8.00. The predicted octanol–water partition coefficient (Wildman–Crippen LogP) is 2.17. The number of halogens is 1. The molecule has 0 aliphatic carbocycles. The van der Waals surface area contributed by atoms with Crippen molar-refractivity contribution in [2.24, 2.45) is 4.99 Å². The Morgan fingerprint density at radius 1 is 1.57 bits per heavy atom. The molecule has 1 aliphatic heterocycles. The first-order chi connectivity index (χ1) is 10.3. The van der Waals surface area contributed by atoms with Gasteiger partial charge in [0, 0.05) is 25.0 Å². The van der Waals surface area contributed by atoms with Crippen LogP contribution in [0.15, 0.2) is 23.3 Å². The van der Waals surface area contributed by atoms with Gasteiger partial charge in [-0.3, -0.25) is 4.99 Å². The molecule has 0 bridgehead atoms. The smallest absolute Gasteiger partial charge is 0.232 e. The third kappa shape index (κ3) is 5.63. The van der Waals surface area contributed by atoms with Crippen molar-refractivity contribution in [2.75, 3.05) is 32.5 Å². The number of hydrogen-bond acceptors (Lipinski definition) is 4. The summed E-state index contributed by atoms with van der Waals surface area (Å²) in [4.78, 5) is 8.27. The molecule has 1 atom stereocenters. The molecule has 0 radical (unpaired) electrons. The molecule has 0 amide bonds. The second kappa shape index (κ2) is 9.00. The number of nitrogens with zero attached hydrogens (tertiary/aromatic N) is 2. The summed E-state index contributed by atoms with van der Waals surface area (Å²) in [5.74, 6) is 2.54.